The molecule has 1 unspecified atom stereocenters. The summed E-state index contributed by atoms with van der Waals surface area (Å²) < 4.78 is 89.3. The van der Waals surface area contributed by atoms with Gasteiger partial charge in [-0.05, 0) is 0 Å². The lowest BCUT2D eigenvalue weighted by atomic mass is 10.3. The summed E-state index contributed by atoms with van der Waals surface area (Å²) in [5.74, 6) is -12.1. The van der Waals surface area contributed by atoms with Crippen LogP contribution in [-0.2, 0) is 13.4 Å². The molecule has 0 spiro atoms. The first-order chi connectivity index (χ1) is 8.86. The molecule has 0 amide bonds. The SMILES string of the molecule is O=P(O)(O)OP(=O)(O)Sc1c(F)c(F)c(F)c(F)c1F. The Hall–Kier alpha value is -0.480. The van der Waals surface area contributed by atoms with Crippen molar-refractivity contribution in [3.63, 3.8) is 0 Å². The summed E-state index contributed by atoms with van der Waals surface area (Å²) >= 11 is -0.937. The first kappa shape index (κ1) is 17.6. The van der Waals surface area contributed by atoms with Gasteiger partial charge in [-0.15, -0.1) is 0 Å². The lowest BCUT2D eigenvalue weighted by Crippen LogP contribution is -2.03. The third-order valence-corrected chi connectivity index (χ3v) is 5.87. The van der Waals surface area contributed by atoms with Gasteiger partial charge in [0.25, 0.3) is 0 Å². The van der Waals surface area contributed by atoms with Crippen molar-refractivity contribution in [3.05, 3.63) is 29.1 Å². The monoisotopic (exact) mass is 360 g/mol. The van der Waals surface area contributed by atoms with Gasteiger partial charge < -0.3 is 14.7 Å². The summed E-state index contributed by atoms with van der Waals surface area (Å²) in [5.41, 5.74) is 0. The number of benzene rings is 1. The predicted molar refractivity (Wildman–Crippen MR) is 55.0 cm³/mol. The lowest BCUT2D eigenvalue weighted by molar-refractivity contribution is 0.270. The second-order valence-corrected chi connectivity index (χ2v) is 8.13. The maximum atomic E-state index is 13.1. The van der Waals surface area contributed by atoms with E-state index in [1.165, 1.54) is 0 Å². The molecular weight excluding hydrogens is 357 g/mol. The van der Waals surface area contributed by atoms with Crippen molar-refractivity contribution in [1.29, 1.82) is 0 Å². The van der Waals surface area contributed by atoms with E-state index in [1.807, 2.05) is 0 Å². The molecule has 0 heterocycles. The zero-order valence-electron chi connectivity index (χ0n) is 8.76. The molecule has 1 aromatic carbocycles. The second kappa shape index (κ2) is 5.72. The molecule has 0 aliphatic heterocycles. The van der Waals surface area contributed by atoms with Crippen LogP contribution in [0.2, 0.25) is 0 Å². The summed E-state index contributed by atoms with van der Waals surface area (Å²) in [6, 6.07) is 0. The molecule has 1 rings (SSSR count). The summed E-state index contributed by atoms with van der Waals surface area (Å²) in [4.78, 5) is 23.7. The molecule has 14 heteroatoms. The van der Waals surface area contributed by atoms with Gasteiger partial charge in [-0.1, -0.05) is 0 Å². The predicted octanol–water partition coefficient (Wildman–Crippen LogP) is 2.68. The zero-order valence-corrected chi connectivity index (χ0v) is 11.4. The Labute approximate surface area is 111 Å². The number of rotatable bonds is 4. The largest absolute Gasteiger partial charge is 0.477 e. The van der Waals surface area contributed by atoms with Crippen molar-refractivity contribution < 1.29 is 50.1 Å². The summed E-state index contributed by atoms with van der Waals surface area (Å²) in [5, 5.41) is 0. The summed E-state index contributed by atoms with van der Waals surface area (Å²) in [6.07, 6.45) is 0. The molecule has 1 aromatic rings. The van der Waals surface area contributed by atoms with E-state index in [9.17, 15) is 31.1 Å². The number of hydrogen-bond donors (Lipinski definition) is 3. The molecule has 0 bridgehead atoms. The highest BCUT2D eigenvalue weighted by Gasteiger charge is 2.36. The quantitative estimate of drug-likeness (QED) is 0.328. The third kappa shape index (κ3) is 4.01. The molecule has 20 heavy (non-hydrogen) atoms. The van der Waals surface area contributed by atoms with Gasteiger partial charge in [-0.2, -0.15) is 4.31 Å². The summed E-state index contributed by atoms with van der Waals surface area (Å²) in [6.45, 7) is -5.43. The van der Waals surface area contributed by atoms with Gasteiger partial charge in [0, 0.05) is 11.4 Å². The van der Waals surface area contributed by atoms with Gasteiger partial charge in [-0.25, -0.2) is 31.1 Å². The van der Waals surface area contributed by atoms with Crippen molar-refractivity contribution in [1.82, 2.24) is 0 Å². The Kier molecular flexibility index (Phi) is 5.03. The van der Waals surface area contributed by atoms with Gasteiger partial charge >= 0.3 is 14.6 Å². The van der Waals surface area contributed by atoms with Crippen LogP contribution < -0.4 is 0 Å². The molecular formula is C6H3F5O6P2S. The van der Waals surface area contributed by atoms with Crippen molar-refractivity contribution in [3.8, 4) is 0 Å². The van der Waals surface area contributed by atoms with E-state index in [1.54, 1.807) is 0 Å². The molecule has 0 saturated heterocycles. The molecule has 0 aromatic heterocycles. The van der Waals surface area contributed by atoms with E-state index < -0.39 is 60.0 Å². The fourth-order valence-electron chi connectivity index (χ4n) is 0.931. The average molecular weight is 360 g/mol. The van der Waals surface area contributed by atoms with Crippen molar-refractivity contribution in [2.45, 2.75) is 4.90 Å². The second-order valence-electron chi connectivity index (χ2n) is 3.03. The van der Waals surface area contributed by atoms with Crippen LogP contribution in [0, 0.1) is 29.1 Å². The fraction of sp³-hybridized carbons (Fsp3) is 0. The first-order valence-corrected chi connectivity index (χ1v) is 8.69. The maximum Gasteiger partial charge on any atom is 0.477 e. The van der Waals surface area contributed by atoms with Crippen LogP contribution in [-0.4, -0.2) is 14.7 Å². The van der Waals surface area contributed by atoms with Gasteiger partial charge in [0.05, 0.1) is 4.90 Å². The third-order valence-electron chi connectivity index (χ3n) is 1.59. The number of hydrogen-bond acceptors (Lipinski definition) is 4. The minimum atomic E-state index is -5.53. The minimum absolute atomic E-state index is 0.937. The number of halogens is 5. The smallest absolute Gasteiger partial charge is 0.316 e. The molecule has 0 fully saturated rings. The van der Waals surface area contributed by atoms with Gasteiger partial charge in [0.15, 0.2) is 23.3 Å². The summed E-state index contributed by atoms with van der Waals surface area (Å²) in [7, 11) is -5.53. The standard InChI is InChI=1S/C6H3F5O6P2S/c7-1-2(8)4(10)6(5(11)3(1)9)20-19(15,16)17-18(12,13)14/h(H,15,16)(H2,12,13,14). The first-order valence-electron chi connectivity index (χ1n) is 4.16. The number of phosphoric acid groups is 1. The Bertz CT molecular complexity index is 618. The Morgan fingerprint density at radius 3 is 1.50 bits per heavy atom. The highest BCUT2D eigenvalue weighted by atomic mass is 32.7. The molecule has 6 nitrogen and oxygen atoms in total. The molecule has 0 saturated carbocycles. The van der Waals surface area contributed by atoms with Crippen LogP contribution in [0.15, 0.2) is 4.90 Å². The normalized spacial score (nSPS) is 15.2. The Balaban J connectivity index is 3.30. The minimum Gasteiger partial charge on any atom is -0.316 e. The molecule has 3 N–H and O–H groups in total. The molecule has 0 radical (unpaired) electrons. The topological polar surface area (TPSA) is 104 Å². The van der Waals surface area contributed by atoms with Gasteiger partial charge in [0.2, 0.25) is 5.82 Å². The van der Waals surface area contributed by atoms with Gasteiger partial charge in [-0.3, -0.25) is 0 Å². The van der Waals surface area contributed by atoms with E-state index in [4.69, 9.17) is 14.7 Å². The molecule has 114 valence electrons. The average Bonchev–Trinajstić information content (AvgIpc) is 2.26. The van der Waals surface area contributed by atoms with E-state index in [0.717, 1.165) is 0 Å². The highest BCUT2D eigenvalue weighted by molar-refractivity contribution is 8.55. The van der Waals surface area contributed by atoms with E-state index in [0.29, 0.717) is 0 Å². The van der Waals surface area contributed by atoms with E-state index in [-0.39, 0.29) is 0 Å². The van der Waals surface area contributed by atoms with E-state index >= 15 is 0 Å². The van der Waals surface area contributed by atoms with Crippen LogP contribution in [0.4, 0.5) is 22.0 Å². The van der Waals surface area contributed by atoms with Crippen molar-refractivity contribution >= 4 is 26.0 Å². The maximum absolute atomic E-state index is 13.1. The lowest BCUT2D eigenvalue weighted by Gasteiger charge is -2.13. The Morgan fingerprint density at radius 1 is 0.800 bits per heavy atom. The van der Waals surface area contributed by atoms with Crippen LogP contribution >= 0.6 is 26.0 Å². The highest BCUT2D eigenvalue weighted by Crippen LogP contribution is 2.67. The van der Waals surface area contributed by atoms with Gasteiger partial charge in [0.1, 0.15) is 0 Å². The van der Waals surface area contributed by atoms with E-state index in [2.05, 4.69) is 4.31 Å². The van der Waals surface area contributed by atoms with Crippen LogP contribution in [0.25, 0.3) is 0 Å². The molecule has 0 aliphatic rings. The molecule has 1 atom stereocenters. The Morgan fingerprint density at radius 2 is 1.15 bits per heavy atom. The fourth-order valence-corrected chi connectivity index (χ4v) is 4.96. The van der Waals surface area contributed by atoms with Crippen molar-refractivity contribution in [2.24, 2.45) is 0 Å². The van der Waals surface area contributed by atoms with Crippen LogP contribution in [0.1, 0.15) is 0 Å². The zero-order chi connectivity index (χ0) is 15.9. The van der Waals surface area contributed by atoms with Crippen molar-refractivity contribution in [2.75, 3.05) is 0 Å². The molecule has 0 aliphatic carbocycles. The van der Waals surface area contributed by atoms with Crippen LogP contribution in [0.5, 0.6) is 0 Å². The van der Waals surface area contributed by atoms with Crippen LogP contribution in [0.3, 0.4) is 0 Å².